The van der Waals surface area contributed by atoms with Gasteiger partial charge < -0.3 is 19.5 Å². The molecule has 1 amide bonds. The van der Waals surface area contributed by atoms with Crippen molar-refractivity contribution in [1.29, 1.82) is 0 Å². The molecule has 2 aromatic carbocycles. The molecule has 1 aliphatic heterocycles. The normalized spacial score (nSPS) is 27.5. The highest BCUT2D eigenvalue weighted by atomic mass is 16.5. The summed E-state index contributed by atoms with van der Waals surface area (Å²) in [7, 11) is 3.28. The van der Waals surface area contributed by atoms with E-state index in [-0.39, 0.29) is 29.1 Å². The van der Waals surface area contributed by atoms with Crippen LogP contribution in [0.3, 0.4) is 0 Å². The molecule has 0 aromatic heterocycles. The lowest BCUT2D eigenvalue weighted by Crippen LogP contribution is -2.49. The molecule has 0 radical (unpaired) electrons. The fraction of sp³-hybridized carbons (Fsp3) is 0.519. The molecular formula is C27H35NO4. The molecule has 1 saturated heterocycles. The lowest BCUT2D eigenvalue weighted by atomic mass is 9.57. The first-order valence-electron chi connectivity index (χ1n) is 11.5. The van der Waals surface area contributed by atoms with Crippen molar-refractivity contribution in [2.24, 2.45) is 17.3 Å². The lowest BCUT2D eigenvalue weighted by Gasteiger charge is -2.49. The van der Waals surface area contributed by atoms with Crippen LogP contribution in [0.2, 0.25) is 0 Å². The number of hydrogen-bond acceptors (Lipinski definition) is 4. The van der Waals surface area contributed by atoms with E-state index >= 15 is 0 Å². The Hall–Kier alpha value is -2.53. The van der Waals surface area contributed by atoms with Crippen LogP contribution in [0.4, 0.5) is 0 Å². The van der Waals surface area contributed by atoms with Crippen molar-refractivity contribution in [3.05, 3.63) is 59.7 Å². The van der Waals surface area contributed by atoms with Crippen LogP contribution in [-0.4, -0.2) is 43.2 Å². The van der Waals surface area contributed by atoms with Crippen LogP contribution in [0.1, 0.15) is 50.7 Å². The largest absolute Gasteiger partial charge is 0.496 e. The number of benzene rings is 2. The number of amides is 1. The van der Waals surface area contributed by atoms with Crippen LogP contribution in [0.5, 0.6) is 11.5 Å². The summed E-state index contributed by atoms with van der Waals surface area (Å²) in [6, 6.07) is 15.5. The van der Waals surface area contributed by atoms with E-state index in [4.69, 9.17) is 9.47 Å². The molecule has 1 saturated carbocycles. The summed E-state index contributed by atoms with van der Waals surface area (Å²) in [5, 5.41) is 12.1. The SMILES string of the molecule is COc1ccccc1C(C)C(=O)N1CC2C(C1)[C@](O)(c1ccccc1OC)CCC2(C)C. The summed E-state index contributed by atoms with van der Waals surface area (Å²) in [4.78, 5) is 15.6. The van der Waals surface area contributed by atoms with E-state index in [9.17, 15) is 9.90 Å². The molecule has 2 fully saturated rings. The predicted molar refractivity (Wildman–Crippen MR) is 125 cm³/mol. The smallest absolute Gasteiger partial charge is 0.229 e. The van der Waals surface area contributed by atoms with Gasteiger partial charge in [-0.3, -0.25) is 4.79 Å². The minimum atomic E-state index is -1.02. The van der Waals surface area contributed by atoms with Crippen molar-refractivity contribution in [2.45, 2.75) is 45.1 Å². The number of para-hydroxylation sites is 2. The van der Waals surface area contributed by atoms with Gasteiger partial charge in [0.1, 0.15) is 11.5 Å². The van der Waals surface area contributed by atoms with Crippen molar-refractivity contribution >= 4 is 5.91 Å². The zero-order valence-electron chi connectivity index (χ0n) is 19.8. The van der Waals surface area contributed by atoms with E-state index in [0.717, 1.165) is 23.3 Å². The van der Waals surface area contributed by atoms with Crippen LogP contribution in [0, 0.1) is 17.3 Å². The van der Waals surface area contributed by atoms with Crippen molar-refractivity contribution in [1.82, 2.24) is 4.90 Å². The van der Waals surface area contributed by atoms with Gasteiger partial charge in [0.2, 0.25) is 5.91 Å². The maximum absolute atomic E-state index is 13.6. The third-order valence-corrected chi connectivity index (χ3v) is 7.95. The number of carbonyl (C=O) groups is 1. The Kier molecular flexibility index (Phi) is 5.97. The van der Waals surface area contributed by atoms with Crippen molar-refractivity contribution in [2.75, 3.05) is 27.3 Å². The number of likely N-dealkylation sites (tertiary alicyclic amines) is 1. The van der Waals surface area contributed by atoms with Gasteiger partial charge >= 0.3 is 0 Å². The second kappa shape index (κ2) is 8.43. The van der Waals surface area contributed by atoms with Gasteiger partial charge in [0, 0.05) is 30.1 Å². The van der Waals surface area contributed by atoms with Crippen LogP contribution in [-0.2, 0) is 10.4 Å². The third-order valence-electron chi connectivity index (χ3n) is 7.95. The molecule has 1 heterocycles. The summed E-state index contributed by atoms with van der Waals surface area (Å²) < 4.78 is 11.1. The molecule has 3 unspecified atom stereocenters. The fourth-order valence-electron chi connectivity index (χ4n) is 5.91. The number of rotatable bonds is 5. The van der Waals surface area contributed by atoms with Crippen molar-refractivity contribution < 1.29 is 19.4 Å². The quantitative estimate of drug-likeness (QED) is 0.743. The van der Waals surface area contributed by atoms with Crippen molar-refractivity contribution in [3.63, 3.8) is 0 Å². The minimum Gasteiger partial charge on any atom is -0.496 e. The summed E-state index contributed by atoms with van der Waals surface area (Å²) in [5.74, 6) is 1.38. The van der Waals surface area contributed by atoms with Gasteiger partial charge in [0.15, 0.2) is 0 Å². The highest BCUT2D eigenvalue weighted by Crippen LogP contribution is 2.56. The van der Waals surface area contributed by atoms with E-state index in [1.54, 1.807) is 14.2 Å². The van der Waals surface area contributed by atoms with Gasteiger partial charge in [-0.05, 0) is 43.2 Å². The Labute approximate surface area is 191 Å². The van der Waals surface area contributed by atoms with Gasteiger partial charge in [0.25, 0.3) is 0 Å². The van der Waals surface area contributed by atoms with E-state index in [1.807, 2.05) is 60.4 Å². The Bertz CT molecular complexity index is 987. The molecule has 4 atom stereocenters. The second-order valence-electron chi connectivity index (χ2n) is 10.0. The van der Waals surface area contributed by atoms with Crippen LogP contribution < -0.4 is 9.47 Å². The van der Waals surface area contributed by atoms with Crippen LogP contribution in [0.15, 0.2) is 48.5 Å². The van der Waals surface area contributed by atoms with E-state index in [2.05, 4.69) is 13.8 Å². The summed E-state index contributed by atoms with van der Waals surface area (Å²) in [6.07, 6.45) is 1.55. The number of hydrogen-bond donors (Lipinski definition) is 1. The average Bonchev–Trinajstić information content (AvgIpc) is 3.29. The predicted octanol–water partition coefficient (Wildman–Crippen LogP) is 4.59. The summed E-state index contributed by atoms with van der Waals surface area (Å²) in [6.45, 7) is 7.68. The molecular weight excluding hydrogens is 402 g/mol. The van der Waals surface area contributed by atoms with Crippen LogP contribution in [0.25, 0.3) is 0 Å². The topological polar surface area (TPSA) is 59.0 Å². The number of nitrogens with zero attached hydrogens (tertiary/aromatic N) is 1. The molecule has 4 rings (SSSR count). The molecule has 5 heteroatoms. The van der Waals surface area contributed by atoms with E-state index in [0.29, 0.717) is 25.3 Å². The van der Waals surface area contributed by atoms with Gasteiger partial charge in [-0.15, -0.1) is 0 Å². The number of aliphatic hydroxyl groups is 1. The first-order valence-corrected chi connectivity index (χ1v) is 11.5. The summed E-state index contributed by atoms with van der Waals surface area (Å²) in [5.41, 5.74) is 0.756. The highest BCUT2D eigenvalue weighted by Gasteiger charge is 2.57. The number of ether oxygens (including phenoxy) is 2. The fourth-order valence-corrected chi connectivity index (χ4v) is 5.91. The molecule has 1 N–H and O–H groups in total. The summed E-state index contributed by atoms with van der Waals surface area (Å²) >= 11 is 0. The molecule has 0 bridgehead atoms. The molecule has 2 aliphatic rings. The molecule has 1 aliphatic carbocycles. The Morgan fingerprint density at radius 1 is 0.969 bits per heavy atom. The van der Waals surface area contributed by atoms with Crippen LogP contribution >= 0.6 is 0 Å². The van der Waals surface area contributed by atoms with Gasteiger partial charge in [0.05, 0.1) is 25.7 Å². The van der Waals surface area contributed by atoms with Gasteiger partial charge in [-0.25, -0.2) is 0 Å². The molecule has 32 heavy (non-hydrogen) atoms. The number of fused-ring (bicyclic) bond motifs is 1. The van der Waals surface area contributed by atoms with E-state index < -0.39 is 5.60 Å². The van der Waals surface area contributed by atoms with Gasteiger partial charge in [-0.2, -0.15) is 0 Å². The Balaban J connectivity index is 1.66. The molecule has 172 valence electrons. The maximum Gasteiger partial charge on any atom is 0.229 e. The number of methoxy groups -OCH3 is 2. The first kappa shape index (κ1) is 22.7. The van der Waals surface area contributed by atoms with E-state index in [1.165, 1.54) is 0 Å². The second-order valence-corrected chi connectivity index (χ2v) is 10.0. The standard InChI is InChI=1S/C27H35NO4/c1-18(19-10-6-8-12-23(19)31-4)25(29)28-16-21-22(17-28)27(30,15-14-26(21,2)3)20-11-7-9-13-24(20)32-5/h6-13,18,21-22,30H,14-17H2,1-5H3/t18?,21?,22?,27-/m1/s1. The highest BCUT2D eigenvalue weighted by molar-refractivity contribution is 5.84. The lowest BCUT2D eigenvalue weighted by molar-refractivity contribution is -0.132. The molecule has 5 nitrogen and oxygen atoms in total. The number of carbonyl (C=O) groups excluding carboxylic acids is 1. The first-order chi connectivity index (χ1) is 15.2. The molecule has 0 spiro atoms. The Morgan fingerprint density at radius 2 is 1.56 bits per heavy atom. The maximum atomic E-state index is 13.6. The zero-order chi connectivity index (χ0) is 23.1. The monoisotopic (exact) mass is 437 g/mol. The minimum absolute atomic E-state index is 0.0433. The van der Waals surface area contributed by atoms with Crippen molar-refractivity contribution in [3.8, 4) is 11.5 Å². The Morgan fingerprint density at radius 3 is 2.25 bits per heavy atom. The molecule has 2 aromatic rings. The van der Waals surface area contributed by atoms with Gasteiger partial charge in [-0.1, -0.05) is 50.2 Å². The zero-order valence-corrected chi connectivity index (χ0v) is 19.8. The average molecular weight is 438 g/mol. The third kappa shape index (κ3) is 3.66.